The van der Waals surface area contributed by atoms with Gasteiger partial charge in [0.2, 0.25) is 10.0 Å². The molecule has 1 heterocycles. The van der Waals surface area contributed by atoms with Gasteiger partial charge in [-0.25, -0.2) is 12.7 Å². The van der Waals surface area contributed by atoms with E-state index in [4.69, 9.17) is 0 Å². The van der Waals surface area contributed by atoms with Crippen molar-refractivity contribution in [2.75, 3.05) is 14.1 Å². The van der Waals surface area contributed by atoms with Crippen LogP contribution >= 0.6 is 0 Å². The van der Waals surface area contributed by atoms with Crippen molar-refractivity contribution in [3.8, 4) is 0 Å². The summed E-state index contributed by atoms with van der Waals surface area (Å²) < 4.78 is 28.9. The van der Waals surface area contributed by atoms with Gasteiger partial charge in [0.1, 0.15) is 0 Å². The van der Waals surface area contributed by atoms with Gasteiger partial charge in [0.25, 0.3) is 0 Å². The molecule has 152 valence electrons. The summed E-state index contributed by atoms with van der Waals surface area (Å²) in [6.45, 7) is 2.23. The zero-order chi connectivity index (χ0) is 21.2. The fraction of sp³-hybridized carbons (Fsp3) is 0.238. The minimum atomic E-state index is -3.68. The number of allylic oxidation sites excluding steroid dienone is 1. The summed E-state index contributed by atoms with van der Waals surface area (Å²) in [5.41, 5.74) is 0.565. The minimum absolute atomic E-state index is 0.0662. The van der Waals surface area contributed by atoms with Crippen molar-refractivity contribution in [3.63, 3.8) is 0 Å². The Balaban J connectivity index is 2.21. The van der Waals surface area contributed by atoms with E-state index in [0.717, 1.165) is 9.87 Å². The van der Waals surface area contributed by atoms with Crippen molar-refractivity contribution in [1.82, 2.24) is 13.4 Å². The van der Waals surface area contributed by atoms with Crippen LogP contribution in [0.1, 0.15) is 12.5 Å². The van der Waals surface area contributed by atoms with Crippen LogP contribution < -0.4 is 11.1 Å². The van der Waals surface area contributed by atoms with Crippen LogP contribution in [0.2, 0.25) is 0 Å². The zero-order valence-electron chi connectivity index (χ0n) is 16.6. The predicted octanol–water partition coefficient (Wildman–Crippen LogP) is 2.15. The molecular formula is C21H23N3O4S. The first-order chi connectivity index (χ1) is 13.8. The molecule has 8 heteroatoms. The Morgan fingerprint density at radius 1 is 0.931 bits per heavy atom. The van der Waals surface area contributed by atoms with Gasteiger partial charge in [0, 0.05) is 27.2 Å². The average Bonchev–Trinajstić information content (AvgIpc) is 2.71. The second-order valence-electron chi connectivity index (χ2n) is 6.72. The third kappa shape index (κ3) is 3.94. The minimum Gasteiger partial charge on any atom is -0.302 e. The van der Waals surface area contributed by atoms with Gasteiger partial charge in [-0.1, -0.05) is 42.5 Å². The molecule has 0 atom stereocenters. The summed E-state index contributed by atoms with van der Waals surface area (Å²) in [7, 11) is -0.785. The molecule has 7 nitrogen and oxygen atoms in total. The van der Waals surface area contributed by atoms with Gasteiger partial charge in [0.15, 0.2) is 0 Å². The second kappa shape index (κ2) is 8.18. The van der Waals surface area contributed by atoms with E-state index in [2.05, 4.69) is 0 Å². The van der Waals surface area contributed by atoms with Gasteiger partial charge in [-0.2, -0.15) is 0 Å². The van der Waals surface area contributed by atoms with Crippen LogP contribution in [0.25, 0.3) is 17.1 Å². The highest BCUT2D eigenvalue weighted by molar-refractivity contribution is 7.89. The van der Waals surface area contributed by atoms with Crippen molar-refractivity contribution < 1.29 is 8.42 Å². The number of hydrogen-bond acceptors (Lipinski definition) is 4. The van der Waals surface area contributed by atoms with Crippen molar-refractivity contribution in [1.29, 1.82) is 0 Å². The Morgan fingerprint density at radius 3 is 2.21 bits per heavy atom. The number of rotatable bonds is 6. The van der Waals surface area contributed by atoms with Gasteiger partial charge < -0.3 is 4.57 Å². The van der Waals surface area contributed by atoms with Crippen LogP contribution in [-0.4, -0.2) is 36.0 Å². The lowest BCUT2D eigenvalue weighted by Crippen LogP contribution is -2.41. The van der Waals surface area contributed by atoms with Crippen LogP contribution in [0.5, 0.6) is 0 Å². The van der Waals surface area contributed by atoms with E-state index in [0.29, 0.717) is 17.6 Å². The molecule has 0 aliphatic carbocycles. The van der Waals surface area contributed by atoms with E-state index >= 15 is 0 Å². The van der Waals surface area contributed by atoms with Crippen LogP contribution in [0.4, 0.5) is 0 Å². The molecule has 2 aromatic carbocycles. The lowest BCUT2D eigenvalue weighted by Gasteiger charge is -2.16. The topological polar surface area (TPSA) is 81.4 Å². The van der Waals surface area contributed by atoms with Crippen molar-refractivity contribution >= 4 is 27.1 Å². The molecule has 1 aromatic heterocycles. The molecule has 0 aliphatic heterocycles. The molecule has 0 N–H and O–H groups in total. The number of sulfonamides is 1. The number of nitrogens with zero attached hydrogens (tertiary/aromatic N) is 3. The largest absolute Gasteiger partial charge is 0.317 e. The summed E-state index contributed by atoms with van der Waals surface area (Å²) in [5, 5.41) is 0. The highest BCUT2D eigenvalue weighted by atomic mass is 32.2. The molecular weight excluding hydrogens is 390 g/mol. The summed E-state index contributed by atoms with van der Waals surface area (Å²) in [5.74, 6) is 0. The Hall–Kier alpha value is -2.97. The molecule has 0 bridgehead atoms. The molecule has 29 heavy (non-hydrogen) atoms. The standard InChI is InChI=1S/C21H23N3O4S/c1-4-23-18-13-12-17(29(27,28)22(2)3)15-19(18)24(21(26)20(23)25)14-8-11-16-9-6-5-7-10-16/h5-13,15H,4,14H2,1-3H3/b11-8+. The molecule has 0 fully saturated rings. The van der Waals surface area contributed by atoms with Gasteiger partial charge >= 0.3 is 11.1 Å². The summed E-state index contributed by atoms with van der Waals surface area (Å²) in [6, 6.07) is 14.1. The molecule has 0 saturated carbocycles. The fourth-order valence-corrected chi connectivity index (χ4v) is 4.04. The van der Waals surface area contributed by atoms with Crippen molar-refractivity contribution in [3.05, 3.63) is 80.9 Å². The molecule has 3 aromatic rings. The lowest BCUT2D eigenvalue weighted by atomic mass is 10.2. The number of aromatic nitrogens is 2. The third-order valence-corrected chi connectivity index (χ3v) is 6.51. The smallest absolute Gasteiger partial charge is 0.302 e. The van der Waals surface area contributed by atoms with Gasteiger partial charge in [-0.3, -0.25) is 14.2 Å². The molecule has 0 saturated heterocycles. The summed E-state index contributed by atoms with van der Waals surface area (Å²) in [4.78, 5) is 25.3. The Bertz CT molecular complexity index is 1290. The van der Waals surface area contributed by atoms with Gasteiger partial charge in [-0.15, -0.1) is 0 Å². The first kappa shape index (κ1) is 20.8. The van der Waals surface area contributed by atoms with E-state index in [1.807, 2.05) is 36.4 Å². The highest BCUT2D eigenvalue weighted by Gasteiger charge is 2.20. The van der Waals surface area contributed by atoms with E-state index in [1.165, 1.54) is 35.4 Å². The maximum Gasteiger partial charge on any atom is 0.317 e. The maximum atomic E-state index is 12.7. The SMILES string of the molecule is CCn1c(=O)c(=O)n(C/C=C/c2ccccc2)c2cc(S(=O)(=O)N(C)C)ccc21. The first-order valence-corrected chi connectivity index (χ1v) is 10.6. The predicted molar refractivity (Wildman–Crippen MR) is 114 cm³/mol. The third-order valence-electron chi connectivity index (χ3n) is 4.69. The number of benzene rings is 2. The lowest BCUT2D eigenvalue weighted by molar-refractivity contribution is 0.521. The Kier molecular flexibility index (Phi) is 5.86. The van der Waals surface area contributed by atoms with Crippen LogP contribution in [0.15, 0.2) is 69.1 Å². The first-order valence-electron chi connectivity index (χ1n) is 9.19. The van der Waals surface area contributed by atoms with Crippen molar-refractivity contribution in [2.24, 2.45) is 0 Å². The Morgan fingerprint density at radius 2 is 1.59 bits per heavy atom. The fourth-order valence-electron chi connectivity index (χ4n) is 3.12. The average molecular weight is 413 g/mol. The molecule has 0 unspecified atom stereocenters. The van der Waals surface area contributed by atoms with Gasteiger partial charge in [-0.05, 0) is 30.7 Å². The zero-order valence-corrected chi connectivity index (χ0v) is 17.4. The molecule has 0 spiro atoms. The van der Waals surface area contributed by atoms with E-state index in [-0.39, 0.29) is 11.4 Å². The van der Waals surface area contributed by atoms with E-state index in [9.17, 15) is 18.0 Å². The quantitative estimate of drug-likeness (QED) is 0.580. The summed E-state index contributed by atoms with van der Waals surface area (Å²) >= 11 is 0. The van der Waals surface area contributed by atoms with Crippen LogP contribution in [0.3, 0.4) is 0 Å². The highest BCUT2D eigenvalue weighted by Crippen LogP contribution is 2.20. The molecule has 0 radical (unpaired) electrons. The molecule has 0 aliphatic rings. The molecule has 3 rings (SSSR count). The molecule has 0 amide bonds. The number of hydrogen-bond donors (Lipinski definition) is 0. The Labute approximate surface area is 169 Å². The monoisotopic (exact) mass is 413 g/mol. The second-order valence-corrected chi connectivity index (χ2v) is 8.87. The van der Waals surface area contributed by atoms with Crippen LogP contribution in [-0.2, 0) is 23.1 Å². The number of aryl methyl sites for hydroxylation is 1. The van der Waals surface area contributed by atoms with E-state index in [1.54, 1.807) is 19.1 Å². The van der Waals surface area contributed by atoms with Crippen LogP contribution in [0, 0.1) is 0 Å². The summed E-state index contributed by atoms with van der Waals surface area (Å²) in [6.07, 6.45) is 3.63. The van der Waals surface area contributed by atoms with Gasteiger partial charge in [0.05, 0.1) is 15.9 Å². The maximum absolute atomic E-state index is 12.7. The van der Waals surface area contributed by atoms with Crippen molar-refractivity contribution in [2.45, 2.75) is 24.9 Å². The normalized spacial score (nSPS) is 12.3. The van der Waals surface area contributed by atoms with E-state index < -0.39 is 21.1 Å². The number of fused-ring (bicyclic) bond motifs is 1.